The number of halogens is 1. The molecule has 0 aliphatic heterocycles. The van der Waals surface area contributed by atoms with E-state index in [9.17, 15) is 9.18 Å². The maximum Gasteiger partial charge on any atom is 0.270 e. The van der Waals surface area contributed by atoms with Gasteiger partial charge in [0.05, 0.1) is 12.2 Å². The van der Waals surface area contributed by atoms with Crippen LogP contribution in [0.4, 0.5) is 4.39 Å². The van der Waals surface area contributed by atoms with Crippen LogP contribution in [0.25, 0.3) is 0 Å². The molecule has 94 valence electrons. The van der Waals surface area contributed by atoms with Crippen molar-refractivity contribution in [3.63, 3.8) is 0 Å². The van der Waals surface area contributed by atoms with Gasteiger partial charge >= 0.3 is 0 Å². The average Bonchev–Trinajstić information content (AvgIpc) is 2.76. The predicted octanol–water partition coefficient (Wildman–Crippen LogP) is 1.45. The molecule has 2 aromatic heterocycles. The minimum atomic E-state index is -0.670. The number of hydrogen-bond donors (Lipinski definition) is 1. The first-order valence-corrected chi connectivity index (χ1v) is 5.48. The maximum absolute atomic E-state index is 12.9. The fourth-order valence-electron chi connectivity index (χ4n) is 1.55. The molecule has 1 atom stereocenters. The van der Waals surface area contributed by atoms with E-state index in [1.54, 1.807) is 17.9 Å². The van der Waals surface area contributed by atoms with Crippen molar-refractivity contribution in [3.8, 4) is 0 Å². The van der Waals surface area contributed by atoms with Crippen molar-refractivity contribution in [3.05, 3.63) is 47.8 Å². The monoisotopic (exact) mass is 248 g/mol. The lowest BCUT2D eigenvalue weighted by atomic mass is 10.2. The highest BCUT2D eigenvalue weighted by Crippen LogP contribution is 2.11. The highest BCUT2D eigenvalue weighted by molar-refractivity contribution is 5.92. The number of aromatic nitrogens is 3. The highest BCUT2D eigenvalue weighted by atomic mass is 19.1. The average molecular weight is 248 g/mol. The van der Waals surface area contributed by atoms with Crippen molar-refractivity contribution in [2.75, 3.05) is 0 Å². The van der Waals surface area contributed by atoms with E-state index in [1.807, 2.05) is 13.1 Å². The van der Waals surface area contributed by atoms with Gasteiger partial charge in [0.15, 0.2) is 0 Å². The van der Waals surface area contributed by atoms with Gasteiger partial charge in [-0.15, -0.1) is 0 Å². The lowest BCUT2D eigenvalue weighted by Gasteiger charge is -2.11. The molecule has 1 N–H and O–H groups in total. The molecule has 1 unspecified atom stereocenters. The van der Waals surface area contributed by atoms with E-state index in [-0.39, 0.29) is 11.7 Å². The first-order chi connectivity index (χ1) is 8.56. The molecule has 0 aliphatic carbocycles. The smallest absolute Gasteiger partial charge is 0.270 e. The summed E-state index contributed by atoms with van der Waals surface area (Å²) in [5, 5.41) is 6.75. The van der Waals surface area contributed by atoms with Crippen molar-refractivity contribution in [1.29, 1.82) is 0 Å². The Morgan fingerprint density at radius 3 is 2.89 bits per heavy atom. The summed E-state index contributed by atoms with van der Waals surface area (Å²) < 4.78 is 14.5. The first-order valence-electron chi connectivity index (χ1n) is 5.48. The minimum absolute atomic E-state index is 0.0609. The van der Waals surface area contributed by atoms with E-state index >= 15 is 0 Å². The number of pyridine rings is 1. The molecule has 2 aromatic rings. The zero-order chi connectivity index (χ0) is 13.1. The summed E-state index contributed by atoms with van der Waals surface area (Å²) in [5.74, 6) is -1.08. The molecule has 0 radical (unpaired) electrons. The minimum Gasteiger partial charge on any atom is -0.344 e. The molecule has 6 heteroatoms. The van der Waals surface area contributed by atoms with Crippen LogP contribution < -0.4 is 5.32 Å². The number of hydrogen-bond acceptors (Lipinski definition) is 3. The molecule has 0 fully saturated rings. The zero-order valence-electron chi connectivity index (χ0n) is 10.1. The van der Waals surface area contributed by atoms with Gasteiger partial charge in [-0.2, -0.15) is 9.49 Å². The van der Waals surface area contributed by atoms with Crippen LogP contribution in [0.2, 0.25) is 0 Å². The number of carbonyl (C=O) groups excluding carboxylic acids is 1. The SMILES string of the molecule is CC(NC(=O)c1cccc(F)n1)c1cnn(C)c1. The quantitative estimate of drug-likeness (QED) is 0.836. The Kier molecular flexibility index (Phi) is 3.36. The Labute approximate surface area is 104 Å². The molecular formula is C12H13FN4O. The Morgan fingerprint density at radius 1 is 1.50 bits per heavy atom. The van der Waals surface area contributed by atoms with E-state index in [1.165, 1.54) is 18.2 Å². The molecule has 0 bridgehead atoms. The Hall–Kier alpha value is -2.24. The standard InChI is InChI=1S/C12H13FN4O/c1-8(9-6-14-17(2)7-9)15-12(18)10-4-3-5-11(13)16-10/h3-8H,1-2H3,(H,15,18). The Balaban J connectivity index is 2.08. The third-order valence-electron chi connectivity index (χ3n) is 2.52. The van der Waals surface area contributed by atoms with Crippen molar-refractivity contribution in [1.82, 2.24) is 20.1 Å². The van der Waals surface area contributed by atoms with Crippen molar-refractivity contribution in [2.24, 2.45) is 7.05 Å². The van der Waals surface area contributed by atoms with Crippen LogP contribution in [0.1, 0.15) is 29.0 Å². The molecule has 2 heterocycles. The van der Waals surface area contributed by atoms with Gasteiger partial charge in [-0.1, -0.05) is 6.07 Å². The second-order valence-corrected chi connectivity index (χ2v) is 3.99. The number of carbonyl (C=O) groups is 1. The van der Waals surface area contributed by atoms with Crippen LogP contribution in [-0.4, -0.2) is 20.7 Å². The molecule has 5 nitrogen and oxygen atoms in total. The van der Waals surface area contributed by atoms with Gasteiger partial charge in [-0.05, 0) is 19.1 Å². The Morgan fingerprint density at radius 2 is 2.28 bits per heavy atom. The van der Waals surface area contributed by atoms with Gasteiger partial charge < -0.3 is 5.32 Å². The summed E-state index contributed by atoms with van der Waals surface area (Å²) in [6, 6.07) is 3.90. The van der Waals surface area contributed by atoms with E-state index in [4.69, 9.17) is 0 Å². The number of aryl methyl sites for hydroxylation is 1. The van der Waals surface area contributed by atoms with Crippen LogP contribution in [0, 0.1) is 5.95 Å². The summed E-state index contributed by atoms with van der Waals surface area (Å²) in [4.78, 5) is 15.3. The van der Waals surface area contributed by atoms with Crippen LogP contribution in [0.5, 0.6) is 0 Å². The molecule has 0 saturated carbocycles. The second kappa shape index (κ2) is 4.95. The third kappa shape index (κ3) is 2.71. The molecule has 0 spiro atoms. The summed E-state index contributed by atoms with van der Waals surface area (Å²) in [6.07, 6.45) is 3.48. The summed E-state index contributed by atoms with van der Waals surface area (Å²) >= 11 is 0. The van der Waals surface area contributed by atoms with E-state index < -0.39 is 11.9 Å². The van der Waals surface area contributed by atoms with E-state index in [0.717, 1.165) is 5.56 Å². The van der Waals surface area contributed by atoms with Crippen LogP contribution in [-0.2, 0) is 7.05 Å². The summed E-state index contributed by atoms with van der Waals surface area (Å²) in [6.45, 7) is 1.83. The van der Waals surface area contributed by atoms with Crippen LogP contribution in [0.3, 0.4) is 0 Å². The summed E-state index contributed by atoms with van der Waals surface area (Å²) in [7, 11) is 1.80. The molecule has 0 saturated heterocycles. The fraction of sp³-hybridized carbons (Fsp3) is 0.250. The van der Waals surface area contributed by atoms with E-state index in [2.05, 4.69) is 15.4 Å². The molecular weight excluding hydrogens is 235 g/mol. The number of amides is 1. The molecule has 18 heavy (non-hydrogen) atoms. The number of nitrogens with zero attached hydrogens (tertiary/aromatic N) is 3. The predicted molar refractivity (Wildman–Crippen MR) is 63.3 cm³/mol. The van der Waals surface area contributed by atoms with Gasteiger partial charge in [0.25, 0.3) is 5.91 Å². The number of rotatable bonds is 3. The Bertz CT molecular complexity index is 567. The lowest BCUT2D eigenvalue weighted by Crippen LogP contribution is -2.27. The summed E-state index contributed by atoms with van der Waals surface area (Å²) in [5.41, 5.74) is 0.938. The van der Waals surface area contributed by atoms with Gasteiger partial charge in [-0.3, -0.25) is 9.48 Å². The van der Waals surface area contributed by atoms with Gasteiger partial charge in [0, 0.05) is 18.8 Å². The molecule has 0 aromatic carbocycles. The van der Waals surface area contributed by atoms with Gasteiger partial charge in [0.1, 0.15) is 5.69 Å². The maximum atomic E-state index is 12.9. The van der Waals surface area contributed by atoms with Crippen LogP contribution in [0.15, 0.2) is 30.6 Å². The van der Waals surface area contributed by atoms with Crippen molar-refractivity contribution in [2.45, 2.75) is 13.0 Å². The van der Waals surface area contributed by atoms with Crippen LogP contribution >= 0.6 is 0 Å². The molecule has 1 amide bonds. The zero-order valence-corrected chi connectivity index (χ0v) is 10.1. The topological polar surface area (TPSA) is 59.8 Å². The fourth-order valence-corrected chi connectivity index (χ4v) is 1.55. The van der Waals surface area contributed by atoms with Crippen molar-refractivity contribution >= 4 is 5.91 Å². The molecule has 2 rings (SSSR count). The third-order valence-corrected chi connectivity index (χ3v) is 2.52. The second-order valence-electron chi connectivity index (χ2n) is 3.99. The van der Waals surface area contributed by atoms with Gasteiger partial charge in [0.2, 0.25) is 5.95 Å². The van der Waals surface area contributed by atoms with Gasteiger partial charge in [-0.25, -0.2) is 4.98 Å². The molecule has 0 aliphatic rings. The van der Waals surface area contributed by atoms with Crippen molar-refractivity contribution < 1.29 is 9.18 Å². The largest absolute Gasteiger partial charge is 0.344 e. The highest BCUT2D eigenvalue weighted by Gasteiger charge is 2.13. The number of nitrogens with one attached hydrogen (secondary N) is 1. The first kappa shape index (κ1) is 12.2. The lowest BCUT2D eigenvalue weighted by molar-refractivity contribution is 0.0933. The normalized spacial score (nSPS) is 12.2. The van der Waals surface area contributed by atoms with E-state index in [0.29, 0.717) is 0 Å².